The molecule has 0 fully saturated rings. The first-order valence-electron chi connectivity index (χ1n) is 6.96. The molecule has 0 radical (unpaired) electrons. The van der Waals surface area contributed by atoms with E-state index in [2.05, 4.69) is 10.6 Å². The van der Waals surface area contributed by atoms with E-state index in [9.17, 15) is 9.59 Å². The molecule has 2 N–H and O–H groups in total. The number of rotatable bonds is 8. The number of nitrogens with zero attached hydrogens (tertiary/aromatic N) is 1. The lowest BCUT2D eigenvalue weighted by Crippen LogP contribution is -2.35. The third-order valence-electron chi connectivity index (χ3n) is 2.74. The van der Waals surface area contributed by atoms with Gasteiger partial charge in [-0.2, -0.15) is 0 Å². The van der Waals surface area contributed by atoms with E-state index in [0.29, 0.717) is 24.4 Å². The third kappa shape index (κ3) is 6.27. The van der Waals surface area contributed by atoms with Crippen LogP contribution < -0.4 is 10.6 Å². The second-order valence-electron chi connectivity index (χ2n) is 4.77. The normalized spacial score (nSPS) is 10.3. The highest BCUT2D eigenvalue weighted by molar-refractivity contribution is 5.96. The van der Waals surface area contributed by atoms with Crippen LogP contribution in [0.4, 0.5) is 5.69 Å². The first-order valence-corrected chi connectivity index (χ1v) is 6.96. The fraction of sp³-hybridized carbons (Fsp3) is 0.467. The maximum Gasteiger partial charge on any atom is 0.340 e. The number of carbonyl (C=O) groups is 2. The third-order valence-corrected chi connectivity index (χ3v) is 2.74. The fourth-order valence-electron chi connectivity index (χ4n) is 1.68. The second kappa shape index (κ2) is 8.97. The maximum atomic E-state index is 11.8. The molecule has 0 unspecified atom stereocenters. The number of carbonyl (C=O) groups excluding carboxylic acids is 2. The Kier molecular flexibility index (Phi) is 7.25. The smallest absolute Gasteiger partial charge is 0.340 e. The zero-order chi connectivity index (χ0) is 15.7. The Morgan fingerprint density at radius 1 is 1.24 bits per heavy atom. The number of hydrogen-bond donors (Lipinski definition) is 2. The molecular weight excluding hydrogens is 270 g/mol. The molecule has 0 atom stereocenters. The minimum atomic E-state index is -0.395. The van der Waals surface area contributed by atoms with Crippen LogP contribution in [0.15, 0.2) is 24.3 Å². The summed E-state index contributed by atoms with van der Waals surface area (Å²) in [6, 6.07) is 6.98. The Morgan fingerprint density at radius 2 is 1.95 bits per heavy atom. The van der Waals surface area contributed by atoms with Gasteiger partial charge in [0.1, 0.15) is 0 Å². The molecule has 0 aliphatic carbocycles. The van der Waals surface area contributed by atoms with Crippen LogP contribution in [0.1, 0.15) is 17.3 Å². The van der Waals surface area contributed by atoms with Crippen LogP contribution in [0.5, 0.6) is 0 Å². The zero-order valence-corrected chi connectivity index (χ0v) is 12.8. The van der Waals surface area contributed by atoms with E-state index in [4.69, 9.17) is 4.74 Å². The largest absolute Gasteiger partial charge is 0.462 e. The van der Waals surface area contributed by atoms with Gasteiger partial charge >= 0.3 is 5.97 Å². The fourth-order valence-corrected chi connectivity index (χ4v) is 1.68. The van der Waals surface area contributed by atoms with Crippen LogP contribution in [0.25, 0.3) is 0 Å². The van der Waals surface area contributed by atoms with Crippen molar-refractivity contribution >= 4 is 17.6 Å². The van der Waals surface area contributed by atoms with Gasteiger partial charge in [0.25, 0.3) is 0 Å². The van der Waals surface area contributed by atoms with Gasteiger partial charge in [-0.05, 0) is 33.2 Å². The van der Waals surface area contributed by atoms with Crippen LogP contribution in [-0.4, -0.2) is 57.1 Å². The van der Waals surface area contributed by atoms with Gasteiger partial charge in [-0.25, -0.2) is 4.79 Å². The second-order valence-corrected chi connectivity index (χ2v) is 4.77. The lowest BCUT2D eigenvalue weighted by Gasteiger charge is -2.13. The molecule has 0 aromatic heterocycles. The molecule has 1 aromatic rings. The number of anilines is 1. The summed E-state index contributed by atoms with van der Waals surface area (Å²) in [5.41, 5.74) is 1.03. The topological polar surface area (TPSA) is 70.7 Å². The van der Waals surface area contributed by atoms with Crippen LogP contribution >= 0.6 is 0 Å². The van der Waals surface area contributed by atoms with E-state index in [0.717, 1.165) is 6.54 Å². The van der Waals surface area contributed by atoms with E-state index < -0.39 is 5.97 Å². The van der Waals surface area contributed by atoms with Crippen molar-refractivity contribution in [1.29, 1.82) is 0 Å². The van der Waals surface area contributed by atoms with E-state index >= 15 is 0 Å². The van der Waals surface area contributed by atoms with Crippen molar-refractivity contribution in [2.75, 3.05) is 45.7 Å². The Balaban J connectivity index is 2.51. The first-order chi connectivity index (χ1) is 10.0. The molecule has 6 nitrogen and oxygen atoms in total. The van der Waals surface area contributed by atoms with Crippen molar-refractivity contribution in [2.24, 2.45) is 0 Å². The first kappa shape index (κ1) is 17.0. The summed E-state index contributed by atoms with van der Waals surface area (Å²) in [5.74, 6) is -0.510. The highest BCUT2D eigenvalue weighted by Gasteiger charge is 2.12. The maximum absolute atomic E-state index is 11.8. The summed E-state index contributed by atoms with van der Waals surface area (Å²) in [6.07, 6.45) is 0. The number of amides is 1. The average Bonchev–Trinajstić information content (AvgIpc) is 2.45. The minimum absolute atomic E-state index is 0.115. The summed E-state index contributed by atoms with van der Waals surface area (Å²) in [4.78, 5) is 25.5. The van der Waals surface area contributed by atoms with Gasteiger partial charge in [0.05, 0.1) is 18.7 Å². The predicted octanol–water partition coefficient (Wildman–Crippen LogP) is 0.953. The van der Waals surface area contributed by atoms with Crippen molar-refractivity contribution in [3.05, 3.63) is 29.8 Å². The summed E-state index contributed by atoms with van der Waals surface area (Å²) in [7, 11) is 3.89. The molecule has 0 saturated carbocycles. The highest BCUT2D eigenvalue weighted by Crippen LogP contribution is 2.15. The molecule has 1 rings (SSSR count). The van der Waals surface area contributed by atoms with Gasteiger partial charge in [0.15, 0.2) is 0 Å². The lowest BCUT2D eigenvalue weighted by atomic mass is 10.2. The number of para-hydroxylation sites is 1. The van der Waals surface area contributed by atoms with Gasteiger partial charge in [-0.3, -0.25) is 4.79 Å². The van der Waals surface area contributed by atoms with E-state index in [-0.39, 0.29) is 12.5 Å². The average molecular weight is 293 g/mol. The van der Waals surface area contributed by atoms with Crippen LogP contribution in [0, 0.1) is 0 Å². The monoisotopic (exact) mass is 293 g/mol. The molecule has 0 spiro atoms. The molecule has 0 aliphatic rings. The van der Waals surface area contributed by atoms with Crippen molar-refractivity contribution in [3.8, 4) is 0 Å². The van der Waals surface area contributed by atoms with Crippen molar-refractivity contribution in [2.45, 2.75) is 6.92 Å². The van der Waals surface area contributed by atoms with Crippen LogP contribution in [0.2, 0.25) is 0 Å². The van der Waals surface area contributed by atoms with Gasteiger partial charge < -0.3 is 20.3 Å². The predicted molar refractivity (Wildman–Crippen MR) is 82.5 cm³/mol. The minimum Gasteiger partial charge on any atom is -0.462 e. The molecule has 6 heteroatoms. The van der Waals surface area contributed by atoms with E-state index in [1.165, 1.54) is 0 Å². The number of likely N-dealkylation sites (N-methyl/N-ethyl adjacent to an activating group) is 1. The van der Waals surface area contributed by atoms with Crippen molar-refractivity contribution < 1.29 is 14.3 Å². The van der Waals surface area contributed by atoms with Gasteiger partial charge in [-0.15, -0.1) is 0 Å². The van der Waals surface area contributed by atoms with Gasteiger partial charge in [0, 0.05) is 18.8 Å². The molecular formula is C15H23N3O3. The summed E-state index contributed by atoms with van der Waals surface area (Å²) in [6.45, 7) is 3.56. The lowest BCUT2D eigenvalue weighted by molar-refractivity contribution is -0.119. The van der Waals surface area contributed by atoms with Crippen molar-refractivity contribution in [3.63, 3.8) is 0 Å². The summed E-state index contributed by atoms with van der Waals surface area (Å²) >= 11 is 0. The van der Waals surface area contributed by atoms with E-state index in [1.54, 1.807) is 31.2 Å². The molecule has 0 bridgehead atoms. The SMILES string of the molecule is CCOC(=O)c1ccccc1NCC(=O)NCCN(C)C. The molecule has 21 heavy (non-hydrogen) atoms. The van der Waals surface area contributed by atoms with Gasteiger partial charge in [0.2, 0.25) is 5.91 Å². The Hall–Kier alpha value is -2.08. The summed E-state index contributed by atoms with van der Waals surface area (Å²) < 4.78 is 4.98. The highest BCUT2D eigenvalue weighted by atomic mass is 16.5. The Bertz CT molecular complexity index is 475. The standard InChI is InChI=1S/C15H23N3O3/c1-4-21-15(20)12-7-5-6-8-13(12)17-11-14(19)16-9-10-18(2)3/h5-8,17H,4,9-11H2,1-3H3,(H,16,19). The quantitative estimate of drug-likeness (QED) is 0.698. The van der Waals surface area contributed by atoms with Crippen LogP contribution in [-0.2, 0) is 9.53 Å². The molecule has 116 valence electrons. The van der Waals surface area contributed by atoms with Crippen LogP contribution in [0.3, 0.4) is 0 Å². The number of hydrogen-bond acceptors (Lipinski definition) is 5. The molecule has 0 aliphatic heterocycles. The van der Waals surface area contributed by atoms with Gasteiger partial charge in [-0.1, -0.05) is 12.1 Å². The number of benzene rings is 1. The Labute approximate surface area is 125 Å². The summed E-state index contributed by atoms with van der Waals surface area (Å²) in [5, 5.41) is 5.76. The Morgan fingerprint density at radius 3 is 2.62 bits per heavy atom. The van der Waals surface area contributed by atoms with Crippen molar-refractivity contribution in [1.82, 2.24) is 10.2 Å². The number of ether oxygens (including phenoxy) is 1. The molecule has 1 aromatic carbocycles. The molecule has 0 heterocycles. The zero-order valence-electron chi connectivity index (χ0n) is 12.8. The number of esters is 1. The van der Waals surface area contributed by atoms with E-state index in [1.807, 2.05) is 19.0 Å². The number of nitrogens with one attached hydrogen (secondary N) is 2. The molecule has 0 saturated heterocycles. The molecule has 1 amide bonds.